The quantitative estimate of drug-likeness (QED) is 0.742. The number of hydrogen-bond donors (Lipinski definition) is 0. The van der Waals surface area contributed by atoms with E-state index in [4.69, 9.17) is 4.74 Å². The van der Waals surface area contributed by atoms with Crippen LogP contribution in [-0.4, -0.2) is 30.1 Å². The fraction of sp³-hybridized carbons (Fsp3) is 0.529. The Morgan fingerprint density at radius 1 is 1.17 bits per heavy atom. The summed E-state index contributed by atoms with van der Waals surface area (Å²) in [5.74, 6) is -7.25. The van der Waals surface area contributed by atoms with Crippen LogP contribution in [0.4, 0.5) is 8.78 Å². The van der Waals surface area contributed by atoms with Crippen LogP contribution in [0.5, 0.6) is 5.75 Å². The largest absolute Gasteiger partial charge is 0.544 e. The minimum Gasteiger partial charge on any atom is -0.544 e. The van der Waals surface area contributed by atoms with E-state index >= 15 is 0 Å². The zero-order valence-corrected chi connectivity index (χ0v) is 13.3. The smallest absolute Gasteiger partial charge is 0.338 e. The average molecular weight is 341 g/mol. The molecule has 5 nitrogen and oxygen atoms in total. The van der Waals surface area contributed by atoms with Crippen molar-refractivity contribution in [3.8, 4) is 5.75 Å². The lowest BCUT2D eigenvalue weighted by molar-refractivity contribution is -0.331. The van der Waals surface area contributed by atoms with Gasteiger partial charge in [0, 0.05) is 0 Å². The summed E-state index contributed by atoms with van der Waals surface area (Å²) in [4.78, 5) is 21.8. The summed E-state index contributed by atoms with van der Waals surface area (Å²) in [5.41, 5.74) is -0.207. The molecule has 24 heavy (non-hydrogen) atoms. The molecule has 0 aromatic heterocycles. The van der Waals surface area contributed by atoms with Gasteiger partial charge in [-0.25, -0.2) is 4.79 Å². The van der Waals surface area contributed by atoms with Gasteiger partial charge in [-0.15, -0.1) is 0 Å². The van der Waals surface area contributed by atoms with E-state index in [1.54, 1.807) is 12.1 Å². The first-order valence-electron chi connectivity index (χ1n) is 7.77. The Kier molecular flexibility index (Phi) is 5.41. The Morgan fingerprint density at radius 3 is 2.29 bits per heavy atom. The van der Waals surface area contributed by atoms with Crippen molar-refractivity contribution in [3.05, 3.63) is 29.8 Å². The fourth-order valence-electron chi connectivity index (χ4n) is 2.64. The summed E-state index contributed by atoms with van der Waals surface area (Å²) < 4.78 is 35.9. The van der Waals surface area contributed by atoms with Crippen molar-refractivity contribution in [2.24, 2.45) is 0 Å². The normalized spacial score (nSPS) is 17.1. The second kappa shape index (κ2) is 7.15. The molecule has 1 aliphatic rings. The number of alkyl halides is 2. The highest BCUT2D eigenvalue weighted by atomic mass is 19.3. The third-order valence-electron chi connectivity index (χ3n) is 4.05. The van der Waals surface area contributed by atoms with Crippen LogP contribution >= 0.6 is 0 Å². The predicted molar refractivity (Wildman–Crippen MR) is 78.8 cm³/mol. The van der Waals surface area contributed by atoms with Gasteiger partial charge in [0.05, 0.1) is 5.56 Å². The molecule has 0 heterocycles. The van der Waals surface area contributed by atoms with Gasteiger partial charge in [-0.3, -0.25) is 0 Å². The van der Waals surface area contributed by atoms with Gasteiger partial charge in [0.25, 0.3) is 0 Å². The number of carbonyl (C=O) groups is 2. The minimum absolute atomic E-state index is 0.0327. The number of ether oxygens (including phenoxy) is 2. The Balaban J connectivity index is 1.93. The number of hydrogen-bond acceptors (Lipinski definition) is 5. The average Bonchev–Trinajstić information content (AvgIpc) is 2.53. The van der Waals surface area contributed by atoms with Gasteiger partial charge in [-0.05, 0) is 56.9 Å². The van der Waals surface area contributed by atoms with Crippen molar-refractivity contribution in [2.75, 3.05) is 6.61 Å². The molecule has 0 bridgehead atoms. The molecule has 0 spiro atoms. The number of benzene rings is 1. The van der Waals surface area contributed by atoms with E-state index in [1.165, 1.54) is 18.6 Å². The Morgan fingerprint density at radius 2 is 1.75 bits per heavy atom. The molecule has 1 aliphatic carbocycles. The molecule has 0 amide bonds. The molecular formula is C17H19F2O5-. The van der Waals surface area contributed by atoms with Gasteiger partial charge < -0.3 is 19.4 Å². The van der Waals surface area contributed by atoms with Gasteiger partial charge in [-0.1, -0.05) is 6.42 Å². The number of halogens is 2. The molecule has 0 N–H and O–H groups in total. The van der Waals surface area contributed by atoms with E-state index in [0.717, 1.165) is 25.7 Å². The Bertz CT molecular complexity index is 592. The maximum absolute atomic E-state index is 12.8. The van der Waals surface area contributed by atoms with Crippen molar-refractivity contribution in [1.29, 1.82) is 0 Å². The number of esters is 1. The number of carbonyl (C=O) groups excluding carboxylic acids is 2. The molecule has 132 valence electrons. The van der Waals surface area contributed by atoms with Gasteiger partial charge in [0.1, 0.15) is 17.3 Å². The number of carboxylic acids is 1. The van der Waals surface area contributed by atoms with E-state index in [0.29, 0.717) is 5.75 Å². The summed E-state index contributed by atoms with van der Waals surface area (Å²) in [6, 6.07) is 5.91. The minimum atomic E-state index is -4.21. The monoisotopic (exact) mass is 341 g/mol. The van der Waals surface area contributed by atoms with Crippen molar-refractivity contribution in [3.63, 3.8) is 0 Å². The third kappa shape index (κ3) is 4.66. The van der Waals surface area contributed by atoms with Crippen LogP contribution < -0.4 is 9.84 Å². The van der Waals surface area contributed by atoms with E-state index in [2.05, 4.69) is 4.74 Å². The van der Waals surface area contributed by atoms with Gasteiger partial charge in [0.15, 0.2) is 6.61 Å². The first kappa shape index (κ1) is 18.2. The van der Waals surface area contributed by atoms with E-state index in [1.807, 2.05) is 6.92 Å². The molecule has 0 atom stereocenters. The summed E-state index contributed by atoms with van der Waals surface area (Å²) >= 11 is 0. The predicted octanol–water partition coefficient (Wildman–Crippen LogP) is 2.33. The number of aliphatic carboxylic acids is 1. The lowest BCUT2D eigenvalue weighted by Crippen LogP contribution is -2.45. The topological polar surface area (TPSA) is 75.7 Å². The van der Waals surface area contributed by atoms with Crippen LogP contribution in [0.25, 0.3) is 0 Å². The Hall–Kier alpha value is -2.18. The number of rotatable bonds is 6. The zero-order chi connectivity index (χ0) is 17.8. The second-order valence-electron chi connectivity index (χ2n) is 6.21. The van der Waals surface area contributed by atoms with Crippen LogP contribution in [-0.2, 0) is 9.53 Å². The van der Waals surface area contributed by atoms with Crippen LogP contribution in [0.1, 0.15) is 49.4 Å². The fourth-order valence-corrected chi connectivity index (χ4v) is 2.64. The molecule has 0 unspecified atom stereocenters. The highest BCUT2D eigenvalue weighted by Crippen LogP contribution is 2.32. The van der Waals surface area contributed by atoms with Gasteiger partial charge in [0.2, 0.25) is 0 Å². The van der Waals surface area contributed by atoms with E-state index in [9.17, 15) is 23.5 Å². The molecule has 0 radical (unpaired) electrons. The molecule has 0 saturated heterocycles. The molecule has 2 rings (SSSR count). The highest BCUT2D eigenvalue weighted by Gasteiger charge is 2.33. The summed E-state index contributed by atoms with van der Waals surface area (Å²) in [6.07, 6.45) is 5.31. The third-order valence-corrected chi connectivity index (χ3v) is 4.05. The maximum Gasteiger partial charge on any atom is 0.338 e. The van der Waals surface area contributed by atoms with E-state index < -0.39 is 24.5 Å². The zero-order valence-electron chi connectivity index (χ0n) is 13.3. The second-order valence-corrected chi connectivity index (χ2v) is 6.21. The highest BCUT2D eigenvalue weighted by molar-refractivity contribution is 5.89. The van der Waals surface area contributed by atoms with Crippen molar-refractivity contribution < 1.29 is 33.0 Å². The lowest BCUT2D eigenvalue weighted by atomic mass is 9.86. The Labute approximate surface area is 138 Å². The van der Waals surface area contributed by atoms with Gasteiger partial charge in [-0.2, -0.15) is 8.78 Å². The van der Waals surface area contributed by atoms with Crippen LogP contribution in [0.2, 0.25) is 0 Å². The molecule has 1 aromatic carbocycles. The first-order valence-corrected chi connectivity index (χ1v) is 7.77. The van der Waals surface area contributed by atoms with Crippen LogP contribution in [0, 0.1) is 0 Å². The molecule has 1 fully saturated rings. The van der Waals surface area contributed by atoms with Crippen LogP contribution in [0.15, 0.2) is 24.3 Å². The van der Waals surface area contributed by atoms with Gasteiger partial charge >= 0.3 is 11.9 Å². The van der Waals surface area contributed by atoms with Crippen molar-refractivity contribution in [2.45, 2.75) is 50.6 Å². The molecule has 1 aromatic rings. The maximum atomic E-state index is 12.8. The standard InChI is InChI=1S/C17H20F2O5/c1-16(9-3-2-4-10-16)24-13-7-5-12(6-8-13)14(20)23-11-17(18,19)15(21)22/h5-8H,2-4,9-11H2,1H3,(H,21,22)/p-1. The molecule has 7 heteroatoms. The van der Waals surface area contributed by atoms with Crippen molar-refractivity contribution in [1.82, 2.24) is 0 Å². The molecular weight excluding hydrogens is 322 g/mol. The van der Waals surface area contributed by atoms with E-state index in [-0.39, 0.29) is 11.2 Å². The molecule has 0 aliphatic heterocycles. The summed E-state index contributed by atoms with van der Waals surface area (Å²) in [6.45, 7) is 0.473. The SMILES string of the molecule is CC1(Oc2ccc(C(=O)OCC(F)(F)C(=O)[O-])cc2)CCCCC1. The number of carboxylic acid groups (broad SMARTS) is 1. The van der Waals surface area contributed by atoms with Crippen molar-refractivity contribution >= 4 is 11.9 Å². The van der Waals surface area contributed by atoms with Crippen LogP contribution in [0.3, 0.4) is 0 Å². The summed E-state index contributed by atoms with van der Waals surface area (Å²) in [7, 11) is 0. The summed E-state index contributed by atoms with van der Waals surface area (Å²) in [5, 5.41) is 10.2. The first-order chi connectivity index (χ1) is 11.2. The lowest BCUT2D eigenvalue weighted by Gasteiger charge is -2.34. The molecule has 1 saturated carbocycles.